The minimum atomic E-state index is -4.61. The molecular weight excluding hydrogens is 635 g/mol. The van der Waals surface area contributed by atoms with Crippen molar-refractivity contribution < 1.29 is 47.8 Å². The van der Waals surface area contributed by atoms with Gasteiger partial charge in [-0.2, -0.15) is 0 Å². The first kappa shape index (κ1) is 47.0. The van der Waals surface area contributed by atoms with Gasteiger partial charge < -0.3 is 24.6 Å². The summed E-state index contributed by atoms with van der Waals surface area (Å²) in [4.78, 5) is 34.0. The number of hydrogen-bond donors (Lipinski definition) is 3. The molecule has 0 aliphatic rings. The Bertz CT molecular complexity index is 781. The molecule has 0 aromatic heterocycles. The Morgan fingerprint density at radius 1 is 0.479 bits per heavy atom. The van der Waals surface area contributed by atoms with Crippen LogP contribution in [0.2, 0.25) is 0 Å². The van der Waals surface area contributed by atoms with E-state index in [2.05, 4.69) is 13.8 Å². The van der Waals surface area contributed by atoms with Crippen LogP contribution in [0.1, 0.15) is 187 Å². The van der Waals surface area contributed by atoms with Crippen LogP contribution in [0.25, 0.3) is 0 Å². The zero-order valence-electron chi connectivity index (χ0n) is 30.7. The first-order chi connectivity index (χ1) is 23.3. The molecule has 10 nitrogen and oxygen atoms in total. The van der Waals surface area contributed by atoms with Gasteiger partial charge in [0, 0.05) is 12.8 Å². The van der Waals surface area contributed by atoms with Gasteiger partial charge in [-0.15, -0.1) is 0 Å². The van der Waals surface area contributed by atoms with Gasteiger partial charge in [-0.1, -0.05) is 162 Å². The zero-order valence-corrected chi connectivity index (χ0v) is 31.6. The van der Waals surface area contributed by atoms with E-state index in [0.717, 1.165) is 38.5 Å². The molecule has 0 heterocycles. The van der Waals surface area contributed by atoms with Crippen molar-refractivity contribution in [3.63, 3.8) is 0 Å². The molecule has 0 amide bonds. The quantitative estimate of drug-likeness (QED) is 0.0324. The van der Waals surface area contributed by atoms with Crippen molar-refractivity contribution >= 4 is 19.8 Å². The highest BCUT2D eigenvalue weighted by Crippen LogP contribution is 2.43. The van der Waals surface area contributed by atoms with Crippen molar-refractivity contribution in [2.24, 2.45) is 0 Å². The topological polar surface area (TPSA) is 149 Å². The molecule has 0 aliphatic heterocycles. The van der Waals surface area contributed by atoms with Gasteiger partial charge in [-0.05, 0) is 12.8 Å². The van der Waals surface area contributed by atoms with Gasteiger partial charge in [0.2, 0.25) is 0 Å². The summed E-state index contributed by atoms with van der Waals surface area (Å²) in [5.74, 6) is -1.03. The van der Waals surface area contributed by atoms with E-state index in [1.165, 1.54) is 109 Å². The summed E-state index contributed by atoms with van der Waals surface area (Å²) < 4.78 is 32.2. The van der Waals surface area contributed by atoms with Crippen LogP contribution >= 0.6 is 7.82 Å². The zero-order chi connectivity index (χ0) is 35.6. The molecule has 3 atom stereocenters. The second-order valence-electron chi connectivity index (χ2n) is 13.3. The maximum absolute atomic E-state index is 12.2. The molecule has 0 rings (SSSR count). The summed E-state index contributed by atoms with van der Waals surface area (Å²) in [5.41, 5.74) is 0. The van der Waals surface area contributed by atoms with Crippen LogP contribution in [-0.2, 0) is 32.7 Å². The molecule has 0 radical (unpaired) electrons. The van der Waals surface area contributed by atoms with Crippen LogP contribution in [0.3, 0.4) is 0 Å². The average Bonchev–Trinajstić information content (AvgIpc) is 3.07. The van der Waals surface area contributed by atoms with Crippen LogP contribution in [0.4, 0.5) is 0 Å². The second kappa shape index (κ2) is 34.4. The number of carbonyl (C=O) groups is 2. The number of unbranched alkanes of at least 4 members (excludes halogenated alkanes) is 23. The first-order valence-corrected chi connectivity index (χ1v) is 21.0. The van der Waals surface area contributed by atoms with E-state index in [1.807, 2.05) is 0 Å². The van der Waals surface area contributed by atoms with Crippen molar-refractivity contribution in [1.82, 2.24) is 0 Å². The molecule has 0 aromatic carbocycles. The molecule has 3 N–H and O–H groups in total. The van der Waals surface area contributed by atoms with Gasteiger partial charge in [0.15, 0.2) is 0 Å². The summed E-state index contributed by atoms with van der Waals surface area (Å²) >= 11 is 0. The van der Waals surface area contributed by atoms with Gasteiger partial charge in [0.25, 0.3) is 0 Å². The number of aliphatic hydroxyl groups excluding tert-OH is 2. The minimum Gasteiger partial charge on any atom is -0.457 e. The van der Waals surface area contributed by atoms with Crippen LogP contribution in [0.15, 0.2) is 0 Å². The number of phosphoric ester groups is 1. The van der Waals surface area contributed by atoms with Crippen LogP contribution in [0, 0.1) is 0 Å². The van der Waals surface area contributed by atoms with E-state index in [9.17, 15) is 29.3 Å². The van der Waals surface area contributed by atoms with Gasteiger partial charge in [0.05, 0.1) is 26.4 Å². The number of ether oxygens (including phenoxy) is 2. The fourth-order valence-corrected chi connectivity index (χ4v) is 6.31. The van der Waals surface area contributed by atoms with Crippen LogP contribution < -0.4 is 0 Å². The fraction of sp³-hybridized carbons (Fsp3) is 0.946. The lowest BCUT2D eigenvalue weighted by Crippen LogP contribution is -2.28. The van der Waals surface area contributed by atoms with Crippen LogP contribution in [-0.4, -0.2) is 65.7 Å². The standard InChI is InChI=1S/C37H73O10P/c1-3-5-7-9-10-11-12-13-14-15-16-17-18-19-20-21-22-23-24-25-27-29-37(41)47-35(31-39)33-45-48(42,43)44-32-34(30-38)46-36(40)28-26-8-6-4-2/h34-35,38-39H,3-33H2,1-2H3,(H,42,43). The van der Waals surface area contributed by atoms with Crippen molar-refractivity contribution in [2.75, 3.05) is 26.4 Å². The summed E-state index contributed by atoms with van der Waals surface area (Å²) in [5, 5.41) is 18.9. The molecule has 0 spiro atoms. The van der Waals surface area contributed by atoms with Gasteiger partial charge >= 0.3 is 19.8 Å². The van der Waals surface area contributed by atoms with Gasteiger partial charge in [0.1, 0.15) is 12.2 Å². The Kier molecular flexibility index (Phi) is 33.7. The summed E-state index contributed by atoms with van der Waals surface area (Å²) in [6.45, 7) is 2.07. The third-order valence-corrected chi connectivity index (χ3v) is 9.52. The number of phosphoric acid groups is 1. The summed E-state index contributed by atoms with van der Waals surface area (Å²) in [7, 11) is -4.61. The number of esters is 2. The Morgan fingerprint density at radius 3 is 1.00 bits per heavy atom. The van der Waals surface area contributed by atoms with Gasteiger partial charge in [-0.25, -0.2) is 4.57 Å². The number of aliphatic hydroxyl groups is 2. The molecule has 48 heavy (non-hydrogen) atoms. The lowest BCUT2D eigenvalue weighted by molar-refractivity contribution is -0.153. The molecule has 0 bridgehead atoms. The van der Waals surface area contributed by atoms with E-state index in [0.29, 0.717) is 12.8 Å². The largest absolute Gasteiger partial charge is 0.472 e. The SMILES string of the molecule is CCCCCCCCCCCCCCCCCCCCCCCC(=O)OC(CO)COP(=O)(O)OCC(CO)OC(=O)CCCCCC. The fourth-order valence-electron chi connectivity index (χ4n) is 5.53. The highest BCUT2D eigenvalue weighted by molar-refractivity contribution is 7.47. The second-order valence-corrected chi connectivity index (χ2v) is 14.7. The summed E-state index contributed by atoms with van der Waals surface area (Å²) in [6, 6.07) is 0. The number of rotatable bonds is 37. The highest BCUT2D eigenvalue weighted by Gasteiger charge is 2.27. The van der Waals surface area contributed by atoms with Crippen molar-refractivity contribution in [1.29, 1.82) is 0 Å². The predicted octanol–water partition coefficient (Wildman–Crippen LogP) is 9.50. The smallest absolute Gasteiger partial charge is 0.457 e. The predicted molar refractivity (Wildman–Crippen MR) is 192 cm³/mol. The molecule has 286 valence electrons. The van der Waals surface area contributed by atoms with E-state index < -0.39 is 58.4 Å². The van der Waals surface area contributed by atoms with E-state index in [4.69, 9.17) is 18.5 Å². The molecule has 0 saturated carbocycles. The normalized spacial score (nSPS) is 14.0. The monoisotopic (exact) mass is 708 g/mol. The van der Waals surface area contributed by atoms with Crippen molar-refractivity contribution in [3.8, 4) is 0 Å². The Labute approximate surface area is 293 Å². The lowest BCUT2D eigenvalue weighted by Gasteiger charge is -2.20. The first-order valence-electron chi connectivity index (χ1n) is 19.5. The third-order valence-electron chi connectivity index (χ3n) is 8.57. The molecule has 0 aromatic rings. The van der Waals surface area contributed by atoms with E-state index >= 15 is 0 Å². The lowest BCUT2D eigenvalue weighted by atomic mass is 10.0. The van der Waals surface area contributed by atoms with E-state index in [1.54, 1.807) is 0 Å². The van der Waals surface area contributed by atoms with Crippen molar-refractivity contribution in [3.05, 3.63) is 0 Å². The summed E-state index contributed by atoms with van der Waals surface area (Å²) in [6.07, 6.45) is 28.8. The van der Waals surface area contributed by atoms with Gasteiger partial charge in [-0.3, -0.25) is 18.6 Å². The van der Waals surface area contributed by atoms with E-state index in [-0.39, 0.29) is 12.8 Å². The number of carbonyl (C=O) groups excluding carboxylic acids is 2. The highest BCUT2D eigenvalue weighted by atomic mass is 31.2. The maximum Gasteiger partial charge on any atom is 0.472 e. The third kappa shape index (κ3) is 32.2. The Morgan fingerprint density at radius 2 is 0.729 bits per heavy atom. The van der Waals surface area contributed by atoms with Crippen LogP contribution in [0.5, 0.6) is 0 Å². The Hall–Kier alpha value is -1.03. The molecule has 3 unspecified atom stereocenters. The van der Waals surface area contributed by atoms with Crippen molar-refractivity contribution in [2.45, 2.75) is 199 Å². The minimum absolute atomic E-state index is 0.187. The molecule has 0 aliphatic carbocycles. The molecule has 0 fully saturated rings. The molecular formula is C37H73O10P. The molecule has 0 saturated heterocycles. The Balaban J connectivity index is 3.76. The number of hydrogen-bond acceptors (Lipinski definition) is 9. The molecule has 11 heteroatoms. The maximum atomic E-state index is 12.2. The average molecular weight is 709 g/mol.